The van der Waals surface area contributed by atoms with E-state index in [9.17, 15) is 9.59 Å². The number of nitrogens with one attached hydrogen (secondary N) is 1. The minimum atomic E-state index is -0.848. The summed E-state index contributed by atoms with van der Waals surface area (Å²) in [7, 11) is 0. The Bertz CT molecular complexity index is 845. The van der Waals surface area contributed by atoms with Gasteiger partial charge in [-0.2, -0.15) is 5.26 Å². The number of carbonyl (C=O) groups is 2. The molecule has 0 aliphatic carbocycles. The highest BCUT2D eigenvalue weighted by Gasteiger charge is 2.31. The summed E-state index contributed by atoms with van der Waals surface area (Å²) in [6.45, 7) is 0. The molecule has 1 atom stereocenters. The van der Waals surface area contributed by atoms with E-state index in [1.807, 2.05) is 30.3 Å². The topological polar surface area (TPSA) is 79.2 Å². The summed E-state index contributed by atoms with van der Waals surface area (Å²) < 4.78 is 5.28. The molecule has 6 heteroatoms. The standard InChI is InChI=1S/C19H16N2O3S/c20-10-5-11-25-17-9-4-3-8-15(17)21-18(22)16-12-13-6-1-2-7-14(13)19(23)24-16/h1-4,6-9,16H,5,11-12H2,(H,21,22)/t16-/m1/s1. The maximum absolute atomic E-state index is 12.6. The Morgan fingerprint density at radius 3 is 2.84 bits per heavy atom. The number of carbonyl (C=O) groups excluding carboxylic acids is 2. The molecule has 1 N–H and O–H groups in total. The van der Waals surface area contributed by atoms with Crippen molar-refractivity contribution < 1.29 is 14.3 Å². The second kappa shape index (κ2) is 7.86. The van der Waals surface area contributed by atoms with Crippen molar-refractivity contribution >= 4 is 29.3 Å². The number of ether oxygens (including phenoxy) is 1. The lowest BCUT2D eigenvalue weighted by Crippen LogP contribution is -2.38. The fourth-order valence-corrected chi connectivity index (χ4v) is 3.46. The number of amides is 1. The van der Waals surface area contributed by atoms with E-state index in [1.54, 1.807) is 18.2 Å². The van der Waals surface area contributed by atoms with Gasteiger partial charge in [-0.3, -0.25) is 4.79 Å². The highest BCUT2D eigenvalue weighted by molar-refractivity contribution is 7.99. The van der Waals surface area contributed by atoms with Crippen LogP contribution in [0.15, 0.2) is 53.4 Å². The first-order chi connectivity index (χ1) is 12.2. The number of para-hydroxylation sites is 1. The number of rotatable bonds is 5. The molecule has 25 heavy (non-hydrogen) atoms. The molecule has 0 aromatic heterocycles. The maximum Gasteiger partial charge on any atom is 0.339 e. The zero-order chi connectivity index (χ0) is 17.6. The Morgan fingerprint density at radius 1 is 1.24 bits per heavy atom. The van der Waals surface area contributed by atoms with Crippen molar-refractivity contribution in [1.29, 1.82) is 5.26 Å². The minimum absolute atomic E-state index is 0.351. The molecule has 2 aromatic rings. The highest BCUT2D eigenvalue weighted by atomic mass is 32.2. The van der Waals surface area contributed by atoms with Gasteiger partial charge < -0.3 is 10.1 Å². The van der Waals surface area contributed by atoms with Crippen LogP contribution in [0.4, 0.5) is 5.69 Å². The van der Waals surface area contributed by atoms with Crippen LogP contribution in [-0.2, 0) is 16.0 Å². The Balaban J connectivity index is 1.71. The molecule has 0 unspecified atom stereocenters. The van der Waals surface area contributed by atoms with Crippen LogP contribution in [0.5, 0.6) is 0 Å². The second-order valence-corrected chi connectivity index (χ2v) is 6.63. The Labute approximate surface area is 150 Å². The van der Waals surface area contributed by atoms with Crippen LogP contribution < -0.4 is 5.32 Å². The molecule has 5 nitrogen and oxygen atoms in total. The lowest BCUT2D eigenvalue weighted by Gasteiger charge is -2.24. The first kappa shape index (κ1) is 17.1. The van der Waals surface area contributed by atoms with Gasteiger partial charge in [0.25, 0.3) is 5.91 Å². The van der Waals surface area contributed by atoms with Gasteiger partial charge in [-0.1, -0.05) is 30.3 Å². The quantitative estimate of drug-likeness (QED) is 0.507. The van der Waals surface area contributed by atoms with E-state index >= 15 is 0 Å². The van der Waals surface area contributed by atoms with Crippen molar-refractivity contribution in [1.82, 2.24) is 0 Å². The third-order valence-corrected chi connectivity index (χ3v) is 4.88. The lowest BCUT2D eigenvalue weighted by atomic mass is 9.98. The largest absolute Gasteiger partial charge is 0.448 e. The molecule has 0 fully saturated rings. The van der Waals surface area contributed by atoms with Crippen molar-refractivity contribution in [2.45, 2.75) is 23.8 Å². The fourth-order valence-electron chi connectivity index (χ4n) is 2.59. The Kier molecular flexibility index (Phi) is 5.36. The number of fused-ring (bicyclic) bond motifs is 1. The molecule has 1 aliphatic heterocycles. The molecule has 3 rings (SSSR count). The predicted octanol–water partition coefficient (Wildman–Crippen LogP) is 3.41. The lowest BCUT2D eigenvalue weighted by molar-refractivity contribution is -0.125. The van der Waals surface area contributed by atoms with Crippen molar-refractivity contribution in [3.8, 4) is 6.07 Å². The molecule has 1 heterocycles. The number of anilines is 1. The molecular weight excluding hydrogens is 336 g/mol. The van der Waals surface area contributed by atoms with Crippen LogP contribution in [0.25, 0.3) is 0 Å². The summed E-state index contributed by atoms with van der Waals surface area (Å²) in [6.07, 6.45) is -0.0545. The van der Waals surface area contributed by atoms with Crippen LogP contribution in [0.2, 0.25) is 0 Å². The summed E-state index contributed by atoms with van der Waals surface area (Å²) in [5.74, 6) is -0.176. The summed E-state index contributed by atoms with van der Waals surface area (Å²) in [6, 6.07) is 16.6. The van der Waals surface area contributed by atoms with Gasteiger partial charge in [0, 0.05) is 23.5 Å². The third kappa shape index (κ3) is 4.01. The Morgan fingerprint density at radius 2 is 2.00 bits per heavy atom. The molecule has 126 valence electrons. The van der Waals surface area contributed by atoms with Gasteiger partial charge in [-0.15, -0.1) is 11.8 Å². The molecule has 2 aromatic carbocycles. The summed E-state index contributed by atoms with van der Waals surface area (Å²) in [4.78, 5) is 25.5. The second-order valence-electron chi connectivity index (χ2n) is 5.50. The van der Waals surface area contributed by atoms with E-state index in [-0.39, 0.29) is 5.91 Å². The average molecular weight is 352 g/mol. The number of nitrogens with zero attached hydrogens (tertiary/aromatic N) is 1. The van der Waals surface area contributed by atoms with Crippen LogP contribution in [-0.4, -0.2) is 23.7 Å². The van der Waals surface area contributed by atoms with Crippen molar-refractivity contribution in [2.24, 2.45) is 0 Å². The first-order valence-electron chi connectivity index (χ1n) is 7.87. The molecule has 0 saturated carbocycles. The number of hydrogen-bond acceptors (Lipinski definition) is 5. The van der Waals surface area contributed by atoms with E-state index in [0.29, 0.717) is 29.8 Å². The molecular formula is C19H16N2O3S. The van der Waals surface area contributed by atoms with E-state index in [4.69, 9.17) is 10.00 Å². The molecule has 0 radical (unpaired) electrons. The van der Waals surface area contributed by atoms with Crippen LogP contribution in [0.1, 0.15) is 22.3 Å². The highest BCUT2D eigenvalue weighted by Crippen LogP contribution is 2.28. The van der Waals surface area contributed by atoms with Crippen LogP contribution in [0.3, 0.4) is 0 Å². The Hall–Kier alpha value is -2.78. The molecule has 1 aliphatic rings. The monoisotopic (exact) mass is 352 g/mol. The molecule has 1 amide bonds. The molecule has 0 spiro atoms. The number of benzene rings is 2. The average Bonchev–Trinajstić information content (AvgIpc) is 2.63. The van der Waals surface area contributed by atoms with Gasteiger partial charge >= 0.3 is 5.97 Å². The van der Waals surface area contributed by atoms with E-state index < -0.39 is 12.1 Å². The zero-order valence-corrected chi connectivity index (χ0v) is 14.2. The number of nitriles is 1. The number of esters is 1. The van der Waals surface area contributed by atoms with Crippen molar-refractivity contribution in [3.05, 3.63) is 59.7 Å². The minimum Gasteiger partial charge on any atom is -0.448 e. The smallest absolute Gasteiger partial charge is 0.339 e. The van der Waals surface area contributed by atoms with E-state index in [2.05, 4.69) is 11.4 Å². The van der Waals surface area contributed by atoms with E-state index in [1.165, 1.54) is 11.8 Å². The zero-order valence-electron chi connectivity index (χ0n) is 13.4. The molecule has 0 saturated heterocycles. The third-order valence-electron chi connectivity index (χ3n) is 3.80. The van der Waals surface area contributed by atoms with Gasteiger partial charge in [0.05, 0.1) is 17.3 Å². The van der Waals surface area contributed by atoms with Crippen LogP contribution >= 0.6 is 11.8 Å². The van der Waals surface area contributed by atoms with Gasteiger partial charge in [0.15, 0.2) is 6.10 Å². The maximum atomic E-state index is 12.6. The number of hydrogen-bond donors (Lipinski definition) is 1. The SMILES string of the molecule is N#CCCSc1ccccc1NC(=O)[C@H]1Cc2ccccc2C(=O)O1. The first-order valence-corrected chi connectivity index (χ1v) is 8.86. The summed E-state index contributed by atoms with van der Waals surface area (Å²) in [5, 5.41) is 11.5. The van der Waals surface area contributed by atoms with Crippen molar-refractivity contribution in [2.75, 3.05) is 11.1 Å². The van der Waals surface area contributed by atoms with Crippen LogP contribution in [0, 0.1) is 11.3 Å². The normalized spacial score (nSPS) is 15.6. The number of thioether (sulfide) groups is 1. The van der Waals surface area contributed by atoms with Gasteiger partial charge in [-0.25, -0.2) is 4.79 Å². The summed E-state index contributed by atoms with van der Waals surface area (Å²) >= 11 is 1.50. The van der Waals surface area contributed by atoms with E-state index in [0.717, 1.165) is 10.5 Å². The molecule has 0 bridgehead atoms. The van der Waals surface area contributed by atoms with Crippen molar-refractivity contribution in [3.63, 3.8) is 0 Å². The fraction of sp³-hybridized carbons (Fsp3) is 0.211. The number of cyclic esters (lactones) is 1. The van der Waals surface area contributed by atoms with Gasteiger partial charge in [0.2, 0.25) is 0 Å². The predicted molar refractivity (Wildman–Crippen MR) is 95.4 cm³/mol. The van der Waals surface area contributed by atoms with Gasteiger partial charge in [0.1, 0.15) is 0 Å². The summed E-state index contributed by atoms with van der Waals surface area (Å²) in [5.41, 5.74) is 1.99. The van der Waals surface area contributed by atoms with Gasteiger partial charge in [-0.05, 0) is 23.8 Å².